The Bertz CT molecular complexity index is 575. The van der Waals surface area contributed by atoms with Gasteiger partial charge in [-0.05, 0) is 50.3 Å². The van der Waals surface area contributed by atoms with Crippen LogP contribution in [0.25, 0.3) is 0 Å². The molecule has 0 aliphatic carbocycles. The first-order chi connectivity index (χ1) is 12.0. The smallest absolute Gasteiger partial charge is 0.325 e. The third-order valence-electron chi connectivity index (χ3n) is 4.44. The van der Waals surface area contributed by atoms with Crippen molar-refractivity contribution in [2.45, 2.75) is 20.3 Å². The van der Waals surface area contributed by atoms with Gasteiger partial charge in [-0.25, -0.2) is 9.18 Å². The molecule has 138 valence electrons. The van der Waals surface area contributed by atoms with Crippen LogP contribution in [-0.2, 0) is 4.79 Å². The first kappa shape index (κ1) is 19.2. The monoisotopic (exact) mass is 350 g/mol. The fourth-order valence-electron chi connectivity index (χ4n) is 2.89. The van der Waals surface area contributed by atoms with Crippen LogP contribution in [-0.4, -0.2) is 67.6 Å². The molecule has 0 bridgehead atoms. The van der Waals surface area contributed by atoms with E-state index in [2.05, 4.69) is 24.1 Å². The van der Waals surface area contributed by atoms with E-state index in [0.29, 0.717) is 25.3 Å². The minimum atomic E-state index is -0.337. The zero-order valence-corrected chi connectivity index (χ0v) is 15.0. The summed E-state index contributed by atoms with van der Waals surface area (Å²) in [6, 6.07) is 5.58. The van der Waals surface area contributed by atoms with Crippen molar-refractivity contribution in [2.75, 3.05) is 50.7 Å². The molecular weight excluding hydrogens is 323 g/mol. The summed E-state index contributed by atoms with van der Waals surface area (Å²) in [4.78, 5) is 29.8. The number of carbonyl (C=O) groups is 2. The number of nitrogens with one attached hydrogen (secondary N) is 1. The Labute approximate surface area is 148 Å². The number of rotatable bonds is 9. The number of nitrogens with zero attached hydrogens (tertiary/aromatic N) is 3. The number of urea groups is 1. The summed E-state index contributed by atoms with van der Waals surface area (Å²) in [5, 5.41) is 2.87. The van der Waals surface area contributed by atoms with E-state index >= 15 is 0 Å². The lowest BCUT2D eigenvalue weighted by Gasteiger charge is -2.19. The van der Waals surface area contributed by atoms with E-state index in [9.17, 15) is 14.0 Å². The van der Waals surface area contributed by atoms with E-state index in [1.165, 1.54) is 17.0 Å². The largest absolute Gasteiger partial charge is 0.355 e. The van der Waals surface area contributed by atoms with Crippen LogP contribution >= 0.6 is 0 Å². The van der Waals surface area contributed by atoms with Crippen molar-refractivity contribution < 1.29 is 14.0 Å². The molecule has 7 heteroatoms. The van der Waals surface area contributed by atoms with Gasteiger partial charge in [-0.1, -0.05) is 13.8 Å². The fraction of sp³-hybridized carbons (Fsp3) is 0.556. The van der Waals surface area contributed by atoms with E-state index in [4.69, 9.17) is 0 Å². The molecule has 0 spiro atoms. The second-order valence-corrected chi connectivity index (χ2v) is 6.06. The number of carbonyl (C=O) groups excluding carboxylic acids is 2. The van der Waals surface area contributed by atoms with Crippen molar-refractivity contribution in [1.29, 1.82) is 0 Å². The summed E-state index contributed by atoms with van der Waals surface area (Å²) in [5.74, 6) is -0.481. The maximum atomic E-state index is 13.0. The van der Waals surface area contributed by atoms with E-state index < -0.39 is 0 Å². The number of halogens is 1. The molecule has 0 unspecified atom stereocenters. The van der Waals surface area contributed by atoms with Crippen LogP contribution in [0.3, 0.4) is 0 Å². The van der Waals surface area contributed by atoms with Crippen molar-refractivity contribution in [3.8, 4) is 0 Å². The number of hydrogen-bond acceptors (Lipinski definition) is 3. The molecule has 1 aliphatic rings. The van der Waals surface area contributed by atoms with Crippen LogP contribution in [0, 0.1) is 5.82 Å². The molecule has 0 aromatic heterocycles. The summed E-state index contributed by atoms with van der Waals surface area (Å²) in [7, 11) is 0. The second kappa shape index (κ2) is 9.36. The molecule has 1 saturated heterocycles. The van der Waals surface area contributed by atoms with Crippen LogP contribution < -0.4 is 10.2 Å². The van der Waals surface area contributed by atoms with Gasteiger partial charge in [0, 0.05) is 25.3 Å². The number of anilines is 1. The van der Waals surface area contributed by atoms with Crippen LogP contribution in [0.4, 0.5) is 14.9 Å². The molecule has 1 aromatic rings. The molecule has 1 aliphatic heterocycles. The molecular formula is C18H27FN4O2. The Kier molecular flexibility index (Phi) is 7.18. The van der Waals surface area contributed by atoms with Crippen LogP contribution in [0.5, 0.6) is 0 Å². The lowest BCUT2D eigenvalue weighted by molar-refractivity contribution is -0.121. The zero-order valence-electron chi connectivity index (χ0n) is 15.0. The Morgan fingerprint density at radius 2 is 1.88 bits per heavy atom. The highest BCUT2D eigenvalue weighted by Gasteiger charge is 2.30. The van der Waals surface area contributed by atoms with Crippen molar-refractivity contribution in [3.05, 3.63) is 30.1 Å². The maximum Gasteiger partial charge on any atom is 0.325 e. The minimum absolute atomic E-state index is 0.0573. The van der Waals surface area contributed by atoms with Crippen LogP contribution in [0.15, 0.2) is 24.3 Å². The third-order valence-corrected chi connectivity index (χ3v) is 4.44. The third kappa shape index (κ3) is 5.42. The lowest BCUT2D eigenvalue weighted by Crippen LogP contribution is -2.40. The molecule has 0 atom stereocenters. The molecule has 1 N–H and O–H groups in total. The minimum Gasteiger partial charge on any atom is -0.355 e. The van der Waals surface area contributed by atoms with Gasteiger partial charge in [0.15, 0.2) is 0 Å². The van der Waals surface area contributed by atoms with E-state index in [0.717, 1.165) is 26.1 Å². The van der Waals surface area contributed by atoms with Gasteiger partial charge in [0.25, 0.3) is 0 Å². The summed E-state index contributed by atoms with van der Waals surface area (Å²) in [5.41, 5.74) is 0.647. The summed E-state index contributed by atoms with van der Waals surface area (Å²) in [6.45, 7) is 8.86. The highest BCUT2D eigenvalue weighted by molar-refractivity contribution is 5.96. The average Bonchev–Trinajstić information content (AvgIpc) is 2.96. The summed E-state index contributed by atoms with van der Waals surface area (Å²) >= 11 is 0. The summed E-state index contributed by atoms with van der Waals surface area (Å²) in [6.07, 6.45) is 0.892. The zero-order chi connectivity index (χ0) is 18.2. The predicted molar refractivity (Wildman–Crippen MR) is 96.1 cm³/mol. The van der Waals surface area contributed by atoms with Gasteiger partial charge in [0.1, 0.15) is 12.4 Å². The molecule has 1 aromatic carbocycles. The van der Waals surface area contributed by atoms with Gasteiger partial charge >= 0.3 is 6.03 Å². The first-order valence-electron chi connectivity index (χ1n) is 8.86. The Balaban J connectivity index is 1.74. The molecule has 3 amide bonds. The van der Waals surface area contributed by atoms with E-state index in [-0.39, 0.29) is 24.3 Å². The normalized spacial score (nSPS) is 14.5. The fourth-order valence-corrected chi connectivity index (χ4v) is 2.89. The van der Waals surface area contributed by atoms with Gasteiger partial charge in [-0.2, -0.15) is 0 Å². The quantitative estimate of drug-likeness (QED) is 0.692. The van der Waals surface area contributed by atoms with E-state index in [1.54, 1.807) is 17.0 Å². The van der Waals surface area contributed by atoms with Gasteiger partial charge in [-0.3, -0.25) is 9.69 Å². The van der Waals surface area contributed by atoms with Crippen LogP contribution in [0.1, 0.15) is 20.3 Å². The average molecular weight is 350 g/mol. The highest BCUT2D eigenvalue weighted by atomic mass is 19.1. The van der Waals surface area contributed by atoms with Crippen LogP contribution in [0.2, 0.25) is 0 Å². The van der Waals surface area contributed by atoms with Gasteiger partial charge in [0.05, 0.1) is 0 Å². The molecule has 1 fully saturated rings. The lowest BCUT2D eigenvalue weighted by atomic mass is 10.3. The Morgan fingerprint density at radius 3 is 2.52 bits per heavy atom. The summed E-state index contributed by atoms with van der Waals surface area (Å²) < 4.78 is 13.0. The standard InChI is InChI=1S/C18H27FN4O2/c1-3-21(4-2)11-5-10-20-17(24)14-22-12-13-23(18(22)25)16-8-6-15(19)7-9-16/h6-9H,3-5,10-14H2,1-2H3,(H,20,24). The Hall–Kier alpha value is -2.15. The molecule has 6 nitrogen and oxygen atoms in total. The highest BCUT2D eigenvalue weighted by Crippen LogP contribution is 2.20. The van der Waals surface area contributed by atoms with Gasteiger partial charge in [0.2, 0.25) is 5.91 Å². The molecule has 2 rings (SSSR count). The van der Waals surface area contributed by atoms with Crippen molar-refractivity contribution in [1.82, 2.24) is 15.1 Å². The second-order valence-electron chi connectivity index (χ2n) is 6.06. The predicted octanol–water partition coefficient (Wildman–Crippen LogP) is 1.92. The number of benzene rings is 1. The van der Waals surface area contributed by atoms with Gasteiger partial charge in [-0.15, -0.1) is 0 Å². The Morgan fingerprint density at radius 1 is 1.20 bits per heavy atom. The van der Waals surface area contributed by atoms with Gasteiger partial charge < -0.3 is 15.1 Å². The SMILES string of the molecule is CCN(CC)CCCNC(=O)CN1CCN(c2ccc(F)cc2)C1=O. The number of hydrogen-bond donors (Lipinski definition) is 1. The molecule has 25 heavy (non-hydrogen) atoms. The van der Waals surface area contributed by atoms with Crippen molar-refractivity contribution in [2.24, 2.45) is 0 Å². The van der Waals surface area contributed by atoms with Crippen molar-refractivity contribution >= 4 is 17.6 Å². The number of amides is 3. The van der Waals surface area contributed by atoms with Crippen molar-refractivity contribution in [3.63, 3.8) is 0 Å². The molecule has 0 radical (unpaired) electrons. The molecule has 1 heterocycles. The van der Waals surface area contributed by atoms with E-state index in [1.807, 2.05) is 0 Å². The first-order valence-corrected chi connectivity index (χ1v) is 8.86. The topological polar surface area (TPSA) is 55.9 Å². The molecule has 0 saturated carbocycles. The maximum absolute atomic E-state index is 13.0.